The largest absolute Gasteiger partial charge is 0.497 e. The summed E-state index contributed by atoms with van der Waals surface area (Å²) in [6, 6.07) is 12.1. The summed E-state index contributed by atoms with van der Waals surface area (Å²) in [6.45, 7) is 0. The van der Waals surface area contributed by atoms with Crippen molar-refractivity contribution in [2.75, 3.05) is 14.2 Å². The number of hydrogen-bond donors (Lipinski definition) is 1. The van der Waals surface area contributed by atoms with Gasteiger partial charge < -0.3 is 14.6 Å². The minimum absolute atomic E-state index is 0.155. The molecule has 8 heteroatoms. The van der Waals surface area contributed by atoms with E-state index in [1.165, 1.54) is 5.01 Å². The molecular weight excluding hydrogens is 396 g/mol. The van der Waals surface area contributed by atoms with Crippen molar-refractivity contribution >= 4 is 29.2 Å². The van der Waals surface area contributed by atoms with E-state index in [-0.39, 0.29) is 18.7 Å². The van der Waals surface area contributed by atoms with Gasteiger partial charge >= 0.3 is 5.97 Å². The van der Waals surface area contributed by atoms with Crippen molar-refractivity contribution < 1.29 is 24.2 Å². The van der Waals surface area contributed by atoms with Crippen LogP contribution in [-0.4, -0.2) is 41.9 Å². The number of aliphatic carboxylic acids is 1. The molecule has 0 saturated carbocycles. The van der Waals surface area contributed by atoms with Gasteiger partial charge in [-0.15, -0.1) is 0 Å². The van der Waals surface area contributed by atoms with E-state index in [9.17, 15) is 9.59 Å². The van der Waals surface area contributed by atoms with E-state index in [4.69, 9.17) is 26.2 Å². The summed E-state index contributed by atoms with van der Waals surface area (Å²) in [5.41, 5.74) is 2.10. The van der Waals surface area contributed by atoms with Crippen molar-refractivity contribution in [2.24, 2.45) is 5.10 Å². The molecule has 152 valence electrons. The highest BCUT2D eigenvalue weighted by Gasteiger charge is 2.35. The standard InChI is InChI=1S/C21H21ClN2O5/c1-28-13-7-8-19(29-2)15(11-13)18-12-17(14-5-3-4-6-16(14)22)23-24(18)20(25)9-10-21(26)27/h3-8,11,18H,9-10,12H2,1-2H3,(H,26,27). The van der Waals surface area contributed by atoms with Crippen molar-refractivity contribution in [1.82, 2.24) is 5.01 Å². The molecule has 3 rings (SSSR count). The smallest absolute Gasteiger partial charge is 0.303 e. The first kappa shape index (κ1) is 20.7. The minimum Gasteiger partial charge on any atom is -0.497 e. The number of ether oxygens (including phenoxy) is 2. The van der Waals surface area contributed by atoms with Crippen molar-refractivity contribution in [3.63, 3.8) is 0 Å². The van der Waals surface area contributed by atoms with E-state index < -0.39 is 12.0 Å². The number of hydrazone groups is 1. The highest BCUT2D eigenvalue weighted by Crippen LogP contribution is 2.40. The highest BCUT2D eigenvalue weighted by atomic mass is 35.5. The van der Waals surface area contributed by atoms with Crippen LogP contribution in [0.4, 0.5) is 0 Å². The highest BCUT2D eigenvalue weighted by molar-refractivity contribution is 6.34. The van der Waals surface area contributed by atoms with Gasteiger partial charge in [0.2, 0.25) is 5.91 Å². The van der Waals surface area contributed by atoms with Crippen molar-refractivity contribution in [3.8, 4) is 11.5 Å². The van der Waals surface area contributed by atoms with E-state index in [0.29, 0.717) is 28.7 Å². The topological polar surface area (TPSA) is 88.4 Å². The zero-order valence-corrected chi connectivity index (χ0v) is 16.8. The molecule has 1 heterocycles. The van der Waals surface area contributed by atoms with Crippen molar-refractivity contribution in [1.29, 1.82) is 0 Å². The van der Waals surface area contributed by atoms with Crippen LogP contribution in [0.15, 0.2) is 47.6 Å². The molecular formula is C21H21ClN2O5. The van der Waals surface area contributed by atoms with E-state index in [1.54, 1.807) is 38.5 Å². The van der Waals surface area contributed by atoms with Crippen LogP contribution < -0.4 is 9.47 Å². The minimum atomic E-state index is -1.04. The van der Waals surface area contributed by atoms with Gasteiger partial charge in [-0.2, -0.15) is 5.10 Å². The summed E-state index contributed by atoms with van der Waals surface area (Å²) in [7, 11) is 3.11. The second kappa shape index (κ2) is 8.96. The maximum Gasteiger partial charge on any atom is 0.303 e. The molecule has 1 aliphatic heterocycles. The fourth-order valence-electron chi connectivity index (χ4n) is 3.27. The normalized spacial score (nSPS) is 15.8. The number of nitrogens with zero attached hydrogens (tertiary/aromatic N) is 2. The molecule has 0 bridgehead atoms. The Kier molecular flexibility index (Phi) is 6.39. The SMILES string of the molecule is COc1ccc(OC)c(C2CC(c3ccccc3Cl)=NN2C(=O)CCC(=O)O)c1. The molecule has 0 radical (unpaired) electrons. The Labute approximate surface area is 173 Å². The van der Waals surface area contributed by atoms with Gasteiger partial charge in [0.15, 0.2) is 0 Å². The summed E-state index contributed by atoms with van der Waals surface area (Å²) in [5, 5.41) is 15.3. The Morgan fingerprint density at radius 3 is 2.59 bits per heavy atom. The Hall–Kier alpha value is -3.06. The lowest BCUT2D eigenvalue weighted by molar-refractivity contribution is -0.141. The molecule has 1 amide bonds. The van der Waals surface area contributed by atoms with Gasteiger partial charge in [0, 0.05) is 29.0 Å². The zero-order valence-electron chi connectivity index (χ0n) is 16.1. The van der Waals surface area contributed by atoms with Gasteiger partial charge in [0.25, 0.3) is 0 Å². The Morgan fingerprint density at radius 1 is 1.17 bits per heavy atom. The van der Waals surface area contributed by atoms with E-state index >= 15 is 0 Å². The molecule has 0 saturated heterocycles. The number of amides is 1. The second-order valence-electron chi connectivity index (χ2n) is 6.49. The number of carboxylic acid groups (broad SMARTS) is 1. The summed E-state index contributed by atoms with van der Waals surface area (Å²) in [4.78, 5) is 23.7. The van der Waals surface area contributed by atoms with E-state index in [2.05, 4.69) is 5.10 Å². The van der Waals surface area contributed by atoms with Gasteiger partial charge in [0.1, 0.15) is 11.5 Å². The Balaban J connectivity index is 2.02. The maximum atomic E-state index is 12.8. The third-order valence-electron chi connectivity index (χ3n) is 4.70. The molecule has 29 heavy (non-hydrogen) atoms. The van der Waals surface area contributed by atoms with Gasteiger partial charge in [-0.3, -0.25) is 9.59 Å². The van der Waals surface area contributed by atoms with Crippen LogP contribution in [0.5, 0.6) is 11.5 Å². The lowest BCUT2D eigenvalue weighted by Crippen LogP contribution is -2.27. The van der Waals surface area contributed by atoms with Crippen molar-refractivity contribution in [3.05, 3.63) is 58.6 Å². The van der Waals surface area contributed by atoms with Crippen LogP contribution in [0.1, 0.15) is 36.4 Å². The van der Waals surface area contributed by atoms with Crippen LogP contribution >= 0.6 is 11.6 Å². The van der Waals surface area contributed by atoms with Crippen LogP contribution in [0.25, 0.3) is 0 Å². The summed E-state index contributed by atoms with van der Waals surface area (Å²) >= 11 is 6.33. The van der Waals surface area contributed by atoms with Crippen LogP contribution in [0.3, 0.4) is 0 Å². The molecule has 0 aromatic heterocycles. The third-order valence-corrected chi connectivity index (χ3v) is 5.03. The summed E-state index contributed by atoms with van der Waals surface area (Å²) in [6.07, 6.45) is -0.0161. The predicted molar refractivity (Wildman–Crippen MR) is 109 cm³/mol. The number of rotatable bonds is 7. The molecule has 1 unspecified atom stereocenters. The molecule has 1 N–H and O–H groups in total. The number of carbonyl (C=O) groups is 2. The molecule has 1 aliphatic rings. The molecule has 2 aromatic rings. The van der Waals surface area contributed by atoms with Crippen LogP contribution in [0, 0.1) is 0 Å². The molecule has 2 aromatic carbocycles. The zero-order chi connectivity index (χ0) is 21.0. The average Bonchev–Trinajstić information content (AvgIpc) is 3.16. The first-order valence-electron chi connectivity index (χ1n) is 9.02. The number of carbonyl (C=O) groups excluding carboxylic acids is 1. The van der Waals surface area contributed by atoms with Gasteiger partial charge in [-0.25, -0.2) is 5.01 Å². The van der Waals surface area contributed by atoms with Gasteiger partial charge in [-0.1, -0.05) is 29.8 Å². The first-order chi connectivity index (χ1) is 13.9. The van der Waals surface area contributed by atoms with Gasteiger partial charge in [-0.05, 0) is 24.3 Å². The molecule has 1 atom stereocenters. The lowest BCUT2D eigenvalue weighted by atomic mass is 9.97. The average molecular weight is 417 g/mol. The predicted octanol–water partition coefficient (Wildman–Crippen LogP) is 3.90. The van der Waals surface area contributed by atoms with Crippen LogP contribution in [-0.2, 0) is 9.59 Å². The lowest BCUT2D eigenvalue weighted by Gasteiger charge is -2.24. The number of methoxy groups -OCH3 is 2. The van der Waals surface area contributed by atoms with Crippen molar-refractivity contribution in [2.45, 2.75) is 25.3 Å². The maximum absolute atomic E-state index is 12.8. The number of halogens is 1. The summed E-state index contributed by atoms with van der Waals surface area (Å²) in [5.74, 6) is -0.222. The van der Waals surface area contributed by atoms with E-state index in [1.807, 2.05) is 18.2 Å². The van der Waals surface area contributed by atoms with Gasteiger partial charge in [0.05, 0.1) is 32.4 Å². The molecule has 7 nitrogen and oxygen atoms in total. The monoisotopic (exact) mass is 416 g/mol. The van der Waals surface area contributed by atoms with Crippen LogP contribution in [0.2, 0.25) is 5.02 Å². The first-order valence-corrected chi connectivity index (χ1v) is 9.40. The number of hydrogen-bond acceptors (Lipinski definition) is 5. The quantitative estimate of drug-likeness (QED) is 0.739. The molecule has 0 spiro atoms. The molecule has 0 aliphatic carbocycles. The Morgan fingerprint density at radius 2 is 1.93 bits per heavy atom. The fourth-order valence-corrected chi connectivity index (χ4v) is 3.51. The fraction of sp³-hybridized carbons (Fsp3) is 0.286. The Bertz CT molecular complexity index is 960. The number of benzene rings is 2. The van der Waals surface area contributed by atoms with E-state index in [0.717, 1.165) is 11.1 Å². The number of carboxylic acids is 1. The summed E-state index contributed by atoms with van der Waals surface area (Å²) < 4.78 is 10.8. The molecule has 0 fully saturated rings. The third kappa shape index (κ3) is 4.51. The second-order valence-corrected chi connectivity index (χ2v) is 6.89.